The molecule has 1 aromatic heterocycles. The summed E-state index contributed by atoms with van der Waals surface area (Å²) in [7, 11) is 0. The Morgan fingerprint density at radius 1 is 1.31 bits per heavy atom. The molecule has 1 unspecified atom stereocenters. The van der Waals surface area contributed by atoms with Crippen molar-refractivity contribution in [3.63, 3.8) is 0 Å². The van der Waals surface area contributed by atoms with Crippen LogP contribution in [0.2, 0.25) is 5.02 Å². The number of carbonyl (C=O) groups excluding carboxylic acids is 2. The summed E-state index contributed by atoms with van der Waals surface area (Å²) in [6.07, 6.45) is 5.51. The van der Waals surface area contributed by atoms with Crippen LogP contribution in [0.3, 0.4) is 0 Å². The highest BCUT2D eigenvalue weighted by Gasteiger charge is 2.28. The van der Waals surface area contributed by atoms with Gasteiger partial charge in [-0.3, -0.25) is 9.59 Å². The fraction of sp³-hybridized carbons (Fsp3) is 0.400. The first-order chi connectivity index (χ1) is 12.5. The molecule has 0 radical (unpaired) electrons. The van der Waals surface area contributed by atoms with E-state index in [-0.39, 0.29) is 12.3 Å². The molecule has 1 atom stereocenters. The maximum Gasteiger partial charge on any atom is 0.251 e. The number of halogens is 1. The quantitative estimate of drug-likeness (QED) is 0.757. The van der Waals surface area contributed by atoms with Gasteiger partial charge in [0.1, 0.15) is 5.00 Å². The molecule has 1 aliphatic carbocycles. The smallest absolute Gasteiger partial charge is 0.251 e. The van der Waals surface area contributed by atoms with Gasteiger partial charge in [0.05, 0.1) is 12.0 Å². The molecule has 138 valence electrons. The van der Waals surface area contributed by atoms with Gasteiger partial charge in [-0.05, 0) is 48.4 Å². The summed E-state index contributed by atoms with van der Waals surface area (Å²) in [4.78, 5) is 25.6. The number of rotatable bonds is 6. The predicted molar refractivity (Wildman–Crippen MR) is 107 cm³/mol. The lowest BCUT2D eigenvalue weighted by molar-refractivity contribution is -0.115. The lowest BCUT2D eigenvalue weighted by Gasteiger charge is -2.21. The van der Waals surface area contributed by atoms with Gasteiger partial charge in [0.15, 0.2) is 0 Å². The van der Waals surface area contributed by atoms with Crippen LogP contribution in [0.4, 0.5) is 5.00 Å². The molecule has 1 heterocycles. The van der Waals surface area contributed by atoms with Gasteiger partial charge in [-0.1, -0.05) is 43.5 Å². The van der Waals surface area contributed by atoms with Gasteiger partial charge in [-0.15, -0.1) is 11.3 Å². The fourth-order valence-electron chi connectivity index (χ4n) is 3.62. The SMILES string of the molecule is CCCC1CCc2c(sc(NC(=O)Cc3ccc(Cl)cc3)c2C(N)=O)C1. The van der Waals surface area contributed by atoms with Crippen molar-refractivity contribution in [2.45, 2.75) is 45.4 Å². The first-order valence-electron chi connectivity index (χ1n) is 8.96. The van der Waals surface area contributed by atoms with Crippen LogP contribution in [0.5, 0.6) is 0 Å². The summed E-state index contributed by atoms with van der Waals surface area (Å²) >= 11 is 7.38. The van der Waals surface area contributed by atoms with Crippen molar-refractivity contribution in [1.29, 1.82) is 0 Å². The molecule has 0 saturated heterocycles. The number of hydrogen-bond donors (Lipinski definition) is 2. The van der Waals surface area contributed by atoms with E-state index in [0.717, 1.165) is 30.4 Å². The largest absolute Gasteiger partial charge is 0.365 e. The van der Waals surface area contributed by atoms with Crippen LogP contribution in [0.1, 0.15) is 52.5 Å². The second-order valence-electron chi connectivity index (χ2n) is 6.82. The average molecular weight is 391 g/mol. The maximum atomic E-state index is 12.4. The molecule has 6 heteroatoms. The fourth-order valence-corrected chi connectivity index (χ4v) is 5.13. The predicted octanol–water partition coefficient (Wildman–Crippen LogP) is 4.59. The first-order valence-corrected chi connectivity index (χ1v) is 10.2. The number of nitrogens with two attached hydrogens (primary N) is 1. The van der Waals surface area contributed by atoms with E-state index < -0.39 is 5.91 Å². The molecule has 4 nitrogen and oxygen atoms in total. The summed E-state index contributed by atoms with van der Waals surface area (Å²) in [6.45, 7) is 2.20. The Hall–Kier alpha value is -1.85. The molecule has 0 aliphatic heterocycles. The Morgan fingerprint density at radius 3 is 2.69 bits per heavy atom. The number of nitrogens with one attached hydrogen (secondary N) is 1. The molecule has 3 N–H and O–H groups in total. The van der Waals surface area contributed by atoms with Gasteiger partial charge in [0.2, 0.25) is 5.91 Å². The number of carbonyl (C=O) groups is 2. The highest BCUT2D eigenvalue weighted by atomic mass is 35.5. The van der Waals surface area contributed by atoms with Crippen LogP contribution >= 0.6 is 22.9 Å². The maximum absolute atomic E-state index is 12.4. The topological polar surface area (TPSA) is 72.2 Å². The summed E-state index contributed by atoms with van der Waals surface area (Å²) in [5.74, 6) is 0.0428. The first kappa shape index (κ1) is 18.9. The van der Waals surface area contributed by atoms with E-state index in [0.29, 0.717) is 21.5 Å². The standard InChI is InChI=1S/C20H23ClN2O2S/c1-2-3-12-6-9-15-16(10-12)26-20(18(15)19(22)25)23-17(24)11-13-4-7-14(21)8-5-13/h4-5,7-8,12H,2-3,6,9-11H2,1H3,(H2,22,25)(H,23,24). The number of amides is 2. The molecular weight excluding hydrogens is 368 g/mol. The molecular formula is C20H23ClN2O2S. The second kappa shape index (κ2) is 8.23. The van der Waals surface area contributed by atoms with E-state index in [2.05, 4.69) is 12.2 Å². The third kappa shape index (κ3) is 4.27. The Kier molecular flexibility index (Phi) is 5.99. The van der Waals surface area contributed by atoms with E-state index in [1.165, 1.54) is 29.1 Å². The Bertz CT molecular complexity index is 814. The molecule has 26 heavy (non-hydrogen) atoms. The Labute approximate surface area is 162 Å². The summed E-state index contributed by atoms with van der Waals surface area (Å²) < 4.78 is 0. The van der Waals surface area contributed by atoms with E-state index in [4.69, 9.17) is 17.3 Å². The number of primary amides is 1. The van der Waals surface area contributed by atoms with Crippen molar-refractivity contribution >= 4 is 39.8 Å². The highest BCUT2D eigenvalue weighted by Crippen LogP contribution is 2.40. The molecule has 0 bridgehead atoms. The number of benzene rings is 1. The molecule has 1 aromatic carbocycles. The highest BCUT2D eigenvalue weighted by molar-refractivity contribution is 7.17. The lowest BCUT2D eigenvalue weighted by atomic mass is 9.84. The monoisotopic (exact) mass is 390 g/mol. The summed E-state index contributed by atoms with van der Waals surface area (Å²) in [5, 5.41) is 4.14. The van der Waals surface area contributed by atoms with Gasteiger partial charge in [0, 0.05) is 9.90 Å². The van der Waals surface area contributed by atoms with Crippen LogP contribution in [0.25, 0.3) is 0 Å². The molecule has 0 saturated carbocycles. The van der Waals surface area contributed by atoms with Gasteiger partial charge in [-0.25, -0.2) is 0 Å². The minimum absolute atomic E-state index is 0.154. The number of thiophene rings is 1. The van der Waals surface area contributed by atoms with Crippen LogP contribution < -0.4 is 11.1 Å². The zero-order chi connectivity index (χ0) is 18.7. The molecule has 1 aliphatic rings. The molecule has 3 rings (SSSR count). The van der Waals surface area contributed by atoms with Crippen molar-refractivity contribution < 1.29 is 9.59 Å². The van der Waals surface area contributed by atoms with E-state index >= 15 is 0 Å². The molecule has 0 fully saturated rings. The van der Waals surface area contributed by atoms with Crippen LogP contribution in [-0.4, -0.2) is 11.8 Å². The van der Waals surface area contributed by atoms with Crippen LogP contribution in [-0.2, 0) is 24.1 Å². The van der Waals surface area contributed by atoms with Crippen LogP contribution in [0.15, 0.2) is 24.3 Å². The van der Waals surface area contributed by atoms with Crippen molar-refractivity contribution in [3.05, 3.63) is 50.9 Å². The third-order valence-corrected chi connectivity index (χ3v) is 6.26. The van der Waals surface area contributed by atoms with E-state index in [9.17, 15) is 9.59 Å². The van der Waals surface area contributed by atoms with Crippen molar-refractivity contribution in [1.82, 2.24) is 0 Å². The van der Waals surface area contributed by atoms with E-state index in [1.54, 1.807) is 12.1 Å². The van der Waals surface area contributed by atoms with Crippen LogP contribution in [0, 0.1) is 5.92 Å². The van der Waals surface area contributed by atoms with Crippen molar-refractivity contribution in [2.75, 3.05) is 5.32 Å². The van der Waals surface area contributed by atoms with Crippen molar-refractivity contribution in [3.8, 4) is 0 Å². The van der Waals surface area contributed by atoms with Gasteiger partial charge in [-0.2, -0.15) is 0 Å². The van der Waals surface area contributed by atoms with Gasteiger partial charge < -0.3 is 11.1 Å². The Morgan fingerprint density at radius 2 is 2.04 bits per heavy atom. The second-order valence-corrected chi connectivity index (χ2v) is 8.36. The summed E-state index contributed by atoms with van der Waals surface area (Å²) in [5.41, 5.74) is 8.04. The summed E-state index contributed by atoms with van der Waals surface area (Å²) in [6, 6.07) is 7.17. The molecule has 2 amide bonds. The normalized spacial score (nSPS) is 16.2. The molecule has 2 aromatic rings. The number of hydrogen-bond acceptors (Lipinski definition) is 3. The zero-order valence-corrected chi connectivity index (χ0v) is 16.4. The van der Waals surface area contributed by atoms with Gasteiger partial charge in [0.25, 0.3) is 5.91 Å². The lowest BCUT2D eigenvalue weighted by Crippen LogP contribution is -2.20. The zero-order valence-electron chi connectivity index (χ0n) is 14.8. The minimum atomic E-state index is -0.460. The third-order valence-electron chi connectivity index (χ3n) is 4.84. The van der Waals surface area contributed by atoms with E-state index in [1.807, 2.05) is 12.1 Å². The van der Waals surface area contributed by atoms with Crippen molar-refractivity contribution in [2.24, 2.45) is 11.7 Å². The molecule has 0 spiro atoms. The van der Waals surface area contributed by atoms with Gasteiger partial charge >= 0.3 is 0 Å². The number of fused-ring (bicyclic) bond motifs is 1. The average Bonchev–Trinajstić information content (AvgIpc) is 2.94. The number of anilines is 1. The Balaban J connectivity index is 1.78. The minimum Gasteiger partial charge on any atom is -0.365 e.